The number of rotatable bonds is 3. The van der Waals surface area contributed by atoms with E-state index in [0.717, 1.165) is 4.90 Å². The van der Waals surface area contributed by atoms with Crippen LogP contribution in [0, 0.1) is 5.92 Å². The summed E-state index contributed by atoms with van der Waals surface area (Å²) in [5.41, 5.74) is 0. The molecule has 1 rings (SSSR count). The molecule has 16 heavy (non-hydrogen) atoms. The number of carbonyl (C=O) groups is 2. The quantitative estimate of drug-likeness (QED) is 0.729. The van der Waals surface area contributed by atoms with Crippen molar-refractivity contribution in [3.8, 4) is 0 Å². The van der Waals surface area contributed by atoms with E-state index in [-0.39, 0.29) is 25.5 Å². The molecule has 2 atom stereocenters. The van der Waals surface area contributed by atoms with Gasteiger partial charge in [0.25, 0.3) is 0 Å². The van der Waals surface area contributed by atoms with E-state index in [1.807, 2.05) is 13.8 Å². The first kappa shape index (κ1) is 12.8. The number of hydrogen-bond acceptors (Lipinski definition) is 4. The predicted molar refractivity (Wildman–Crippen MR) is 54.9 cm³/mol. The molecule has 0 aromatic rings. The highest BCUT2D eigenvalue weighted by Gasteiger charge is 2.39. The molecule has 1 saturated heterocycles. The van der Waals surface area contributed by atoms with Gasteiger partial charge in [0.05, 0.1) is 19.3 Å². The number of amides is 1. The Morgan fingerprint density at radius 1 is 1.50 bits per heavy atom. The van der Waals surface area contributed by atoms with Crippen LogP contribution >= 0.6 is 0 Å². The molecule has 6 heteroatoms. The van der Waals surface area contributed by atoms with Crippen molar-refractivity contribution in [2.75, 3.05) is 13.2 Å². The summed E-state index contributed by atoms with van der Waals surface area (Å²) in [5, 5.41) is 18.2. The average Bonchev–Trinajstić information content (AvgIpc) is 2.56. The Labute approximate surface area is 93.8 Å². The maximum absolute atomic E-state index is 11.5. The molecule has 0 radical (unpaired) electrons. The lowest BCUT2D eigenvalue weighted by Gasteiger charge is -2.21. The van der Waals surface area contributed by atoms with Crippen LogP contribution in [0.15, 0.2) is 0 Å². The molecule has 1 aliphatic heterocycles. The lowest BCUT2D eigenvalue weighted by atomic mass is 10.2. The molecular formula is C10H17NO5. The zero-order valence-corrected chi connectivity index (χ0v) is 9.42. The van der Waals surface area contributed by atoms with Crippen LogP contribution in [0.3, 0.4) is 0 Å². The fourth-order valence-electron chi connectivity index (χ4n) is 1.57. The topological polar surface area (TPSA) is 87.1 Å². The van der Waals surface area contributed by atoms with Crippen LogP contribution in [-0.4, -0.2) is 52.5 Å². The molecule has 6 nitrogen and oxygen atoms in total. The third kappa shape index (κ3) is 3.10. The van der Waals surface area contributed by atoms with Crippen molar-refractivity contribution < 1.29 is 24.5 Å². The standard InChI is InChI=1S/C10H17NO5/c1-6(2)5-16-10(15)11-4-7(12)3-8(11)9(13)14/h6-8,12H,3-5H2,1-2H3,(H,13,14)/t7-,8+/m0/s1. The van der Waals surface area contributed by atoms with Crippen molar-refractivity contribution in [1.29, 1.82) is 0 Å². The fourth-order valence-corrected chi connectivity index (χ4v) is 1.57. The van der Waals surface area contributed by atoms with E-state index < -0.39 is 24.2 Å². The molecule has 0 spiro atoms. The summed E-state index contributed by atoms with van der Waals surface area (Å²) in [5.74, 6) is -0.919. The van der Waals surface area contributed by atoms with Crippen molar-refractivity contribution in [2.45, 2.75) is 32.4 Å². The minimum absolute atomic E-state index is 0.0217. The van der Waals surface area contributed by atoms with Gasteiger partial charge in [0.2, 0.25) is 0 Å². The van der Waals surface area contributed by atoms with E-state index in [1.54, 1.807) is 0 Å². The van der Waals surface area contributed by atoms with Crippen LogP contribution < -0.4 is 0 Å². The second-order valence-electron chi connectivity index (χ2n) is 4.37. The summed E-state index contributed by atoms with van der Waals surface area (Å²) in [6.45, 7) is 4.05. The van der Waals surface area contributed by atoms with Gasteiger partial charge < -0.3 is 14.9 Å². The first-order valence-corrected chi connectivity index (χ1v) is 5.26. The molecule has 1 fully saturated rings. The summed E-state index contributed by atoms with van der Waals surface area (Å²) in [6.07, 6.45) is -1.39. The van der Waals surface area contributed by atoms with Gasteiger partial charge in [-0.25, -0.2) is 9.59 Å². The summed E-state index contributed by atoms with van der Waals surface area (Å²) in [6, 6.07) is -0.977. The van der Waals surface area contributed by atoms with Crippen LogP contribution in [0.2, 0.25) is 0 Å². The number of carbonyl (C=O) groups excluding carboxylic acids is 1. The van der Waals surface area contributed by atoms with Gasteiger partial charge in [0.1, 0.15) is 6.04 Å². The normalized spacial score (nSPS) is 24.9. The maximum atomic E-state index is 11.5. The molecule has 92 valence electrons. The monoisotopic (exact) mass is 231 g/mol. The number of hydrogen-bond donors (Lipinski definition) is 2. The van der Waals surface area contributed by atoms with Crippen molar-refractivity contribution in [3.05, 3.63) is 0 Å². The SMILES string of the molecule is CC(C)COC(=O)N1C[C@@H](O)C[C@@H]1C(=O)O. The molecule has 1 heterocycles. The summed E-state index contributed by atoms with van der Waals surface area (Å²) in [7, 11) is 0. The zero-order chi connectivity index (χ0) is 12.3. The van der Waals surface area contributed by atoms with Gasteiger partial charge in [-0.15, -0.1) is 0 Å². The number of nitrogens with zero attached hydrogens (tertiary/aromatic N) is 1. The van der Waals surface area contributed by atoms with Gasteiger partial charge in [0, 0.05) is 6.42 Å². The molecule has 0 saturated carbocycles. The molecular weight excluding hydrogens is 214 g/mol. The number of aliphatic carboxylic acids is 1. The first-order chi connectivity index (χ1) is 7.41. The second-order valence-corrected chi connectivity index (χ2v) is 4.37. The van der Waals surface area contributed by atoms with E-state index >= 15 is 0 Å². The molecule has 0 aliphatic carbocycles. The number of aliphatic hydroxyl groups is 1. The first-order valence-electron chi connectivity index (χ1n) is 5.26. The van der Waals surface area contributed by atoms with E-state index in [4.69, 9.17) is 9.84 Å². The third-order valence-corrected chi connectivity index (χ3v) is 2.34. The van der Waals surface area contributed by atoms with Crippen LogP contribution in [-0.2, 0) is 9.53 Å². The fraction of sp³-hybridized carbons (Fsp3) is 0.800. The highest BCUT2D eigenvalue weighted by Crippen LogP contribution is 2.19. The van der Waals surface area contributed by atoms with Gasteiger partial charge in [-0.1, -0.05) is 13.8 Å². The molecule has 2 N–H and O–H groups in total. The lowest BCUT2D eigenvalue weighted by molar-refractivity contribution is -0.141. The van der Waals surface area contributed by atoms with E-state index in [2.05, 4.69) is 0 Å². The maximum Gasteiger partial charge on any atom is 0.410 e. The van der Waals surface area contributed by atoms with Gasteiger partial charge in [-0.3, -0.25) is 4.90 Å². The van der Waals surface area contributed by atoms with Crippen LogP contribution in [0.25, 0.3) is 0 Å². The molecule has 1 aliphatic rings. The Bertz CT molecular complexity index is 278. The van der Waals surface area contributed by atoms with Crippen LogP contribution in [0.1, 0.15) is 20.3 Å². The van der Waals surface area contributed by atoms with Crippen molar-refractivity contribution in [2.24, 2.45) is 5.92 Å². The van der Waals surface area contributed by atoms with E-state index in [9.17, 15) is 14.7 Å². The van der Waals surface area contributed by atoms with Gasteiger partial charge in [-0.2, -0.15) is 0 Å². The molecule has 0 aromatic heterocycles. The third-order valence-electron chi connectivity index (χ3n) is 2.34. The van der Waals surface area contributed by atoms with Crippen molar-refractivity contribution >= 4 is 12.1 Å². The lowest BCUT2D eigenvalue weighted by Crippen LogP contribution is -2.41. The Morgan fingerprint density at radius 2 is 2.12 bits per heavy atom. The number of ether oxygens (including phenoxy) is 1. The highest BCUT2D eigenvalue weighted by atomic mass is 16.6. The largest absolute Gasteiger partial charge is 0.480 e. The number of carboxylic acid groups (broad SMARTS) is 1. The van der Waals surface area contributed by atoms with E-state index in [1.165, 1.54) is 0 Å². The van der Waals surface area contributed by atoms with Crippen molar-refractivity contribution in [1.82, 2.24) is 4.90 Å². The number of likely N-dealkylation sites (tertiary alicyclic amines) is 1. The second kappa shape index (κ2) is 5.16. The molecule has 0 bridgehead atoms. The smallest absolute Gasteiger partial charge is 0.410 e. The van der Waals surface area contributed by atoms with Crippen LogP contribution in [0.5, 0.6) is 0 Å². The Morgan fingerprint density at radius 3 is 2.62 bits per heavy atom. The van der Waals surface area contributed by atoms with Crippen molar-refractivity contribution in [3.63, 3.8) is 0 Å². The number of carboxylic acids is 1. The minimum Gasteiger partial charge on any atom is -0.480 e. The van der Waals surface area contributed by atoms with Crippen LogP contribution in [0.4, 0.5) is 4.79 Å². The van der Waals surface area contributed by atoms with Gasteiger partial charge >= 0.3 is 12.1 Å². The minimum atomic E-state index is -1.11. The van der Waals surface area contributed by atoms with E-state index in [0.29, 0.717) is 0 Å². The van der Waals surface area contributed by atoms with Gasteiger partial charge in [-0.05, 0) is 5.92 Å². The molecule has 1 amide bonds. The molecule has 0 aromatic carbocycles. The Balaban J connectivity index is 2.56. The van der Waals surface area contributed by atoms with Gasteiger partial charge in [0.15, 0.2) is 0 Å². The number of aliphatic hydroxyl groups excluding tert-OH is 1. The predicted octanol–water partition coefficient (Wildman–Crippen LogP) is 0.299. The molecule has 0 unspecified atom stereocenters. The average molecular weight is 231 g/mol. The summed E-state index contributed by atoms with van der Waals surface area (Å²) >= 11 is 0. The zero-order valence-electron chi connectivity index (χ0n) is 9.42. The Hall–Kier alpha value is -1.30. The highest BCUT2D eigenvalue weighted by molar-refractivity contribution is 5.80. The number of β-amino-alcohol motifs (C(OH)–C–C–N with tert-alkyl or cyclic N) is 1. The summed E-state index contributed by atoms with van der Waals surface area (Å²) in [4.78, 5) is 23.4. The Kier molecular flexibility index (Phi) is 4.12. The summed E-state index contributed by atoms with van der Waals surface area (Å²) < 4.78 is 4.93.